The number of aliphatic hydroxyl groups is 2. The highest BCUT2D eigenvalue weighted by atomic mass is 16.5. The van der Waals surface area contributed by atoms with Gasteiger partial charge in [-0.05, 0) is 34.9 Å². The molecule has 1 aliphatic rings. The van der Waals surface area contributed by atoms with E-state index in [2.05, 4.69) is 24.0 Å². The first-order valence-corrected chi connectivity index (χ1v) is 10.8. The molecule has 0 amide bonds. The quantitative estimate of drug-likeness (QED) is 0.451. The topological polar surface area (TPSA) is 99.5 Å². The van der Waals surface area contributed by atoms with Crippen molar-refractivity contribution in [1.82, 2.24) is 4.90 Å². The summed E-state index contributed by atoms with van der Waals surface area (Å²) in [6, 6.07) is 20.1. The van der Waals surface area contributed by atoms with Crippen molar-refractivity contribution in [2.75, 3.05) is 33.4 Å². The van der Waals surface area contributed by atoms with E-state index in [0.29, 0.717) is 6.54 Å². The summed E-state index contributed by atoms with van der Waals surface area (Å²) < 4.78 is 11.6. The van der Waals surface area contributed by atoms with E-state index < -0.39 is 6.10 Å². The molecule has 3 aromatic rings. The van der Waals surface area contributed by atoms with E-state index in [-0.39, 0.29) is 25.3 Å². The van der Waals surface area contributed by atoms with Crippen LogP contribution in [-0.2, 0) is 16.1 Å². The maximum atomic E-state index is 10.5. The van der Waals surface area contributed by atoms with Gasteiger partial charge in [0, 0.05) is 32.3 Å². The van der Waals surface area contributed by atoms with Gasteiger partial charge in [-0.2, -0.15) is 0 Å². The number of methoxy groups -OCH3 is 1. The van der Waals surface area contributed by atoms with Crippen LogP contribution in [-0.4, -0.2) is 71.7 Å². The first kappa shape index (κ1) is 24.7. The van der Waals surface area contributed by atoms with Crippen LogP contribution in [0.25, 0.3) is 21.9 Å². The Morgan fingerprint density at radius 3 is 2.39 bits per heavy atom. The van der Waals surface area contributed by atoms with Crippen molar-refractivity contribution in [3.8, 4) is 16.9 Å². The summed E-state index contributed by atoms with van der Waals surface area (Å²) in [5.74, 6) is 0.745. The minimum absolute atomic E-state index is 0.0178. The molecular weight excluding hydrogens is 422 g/mol. The lowest BCUT2D eigenvalue weighted by atomic mass is 9.96. The fourth-order valence-electron chi connectivity index (χ4n) is 4.14. The zero-order valence-corrected chi connectivity index (χ0v) is 19.0. The molecule has 1 aliphatic heterocycles. The number of rotatable bonds is 8. The highest BCUT2D eigenvalue weighted by Gasteiger charge is 2.39. The summed E-state index contributed by atoms with van der Waals surface area (Å²) in [5, 5.41) is 29.0. The molecule has 0 radical (unpaired) electrons. The van der Waals surface area contributed by atoms with Gasteiger partial charge in [-0.1, -0.05) is 54.6 Å². The van der Waals surface area contributed by atoms with Crippen molar-refractivity contribution in [3.05, 3.63) is 66.2 Å². The fourth-order valence-corrected chi connectivity index (χ4v) is 4.14. The molecule has 1 heterocycles. The van der Waals surface area contributed by atoms with Crippen LogP contribution in [0.4, 0.5) is 0 Å². The van der Waals surface area contributed by atoms with Crippen molar-refractivity contribution < 1.29 is 29.6 Å². The number of ether oxygens (including phenoxy) is 2. The summed E-state index contributed by atoms with van der Waals surface area (Å²) in [5.41, 5.74) is 2.79. The molecule has 1 fully saturated rings. The standard InChI is InChI=1S/C25H29NO4.CH2O2/c1-25(29-2)16-26(17-25)13-21(28)15-30-23-12-11-19-5-3-4-6-22(19)24(23)20-9-7-18(14-27)8-10-20;2-1-3/h3-12,21,27-28H,13-17H2,1-2H3;1H,(H,2,3). The Bertz CT molecular complexity index is 1050. The second kappa shape index (κ2) is 11.2. The van der Waals surface area contributed by atoms with E-state index in [1.54, 1.807) is 7.11 Å². The van der Waals surface area contributed by atoms with Gasteiger partial charge in [-0.3, -0.25) is 9.69 Å². The summed E-state index contributed by atoms with van der Waals surface area (Å²) >= 11 is 0. The molecule has 3 aromatic carbocycles. The van der Waals surface area contributed by atoms with E-state index in [0.717, 1.165) is 46.3 Å². The molecule has 7 nitrogen and oxygen atoms in total. The predicted octanol–water partition coefficient (Wildman–Crippen LogP) is 3.16. The highest BCUT2D eigenvalue weighted by molar-refractivity contribution is 5.99. The highest BCUT2D eigenvalue weighted by Crippen LogP contribution is 2.37. The Hall–Kier alpha value is -2.97. The molecule has 4 rings (SSSR count). The third kappa shape index (κ3) is 6.09. The van der Waals surface area contributed by atoms with Crippen LogP contribution in [0.2, 0.25) is 0 Å². The SMILES string of the molecule is COC1(C)CN(CC(O)COc2ccc3ccccc3c2-c2ccc(CO)cc2)C1.O=CO. The number of nitrogens with zero attached hydrogens (tertiary/aromatic N) is 1. The summed E-state index contributed by atoms with van der Waals surface area (Å²) in [6.07, 6.45) is -0.581. The zero-order valence-electron chi connectivity index (χ0n) is 19.0. The van der Waals surface area contributed by atoms with E-state index in [1.807, 2.05) is 48.5 Å². The normalized spacial score (nSPS) is 15.8. The molecule has 7 heteroatoms. The summed E-state index contributed by atoms with van der Waals surface area (Å²) in [7, 11) is 1.73. The smallest absolute Gasteiger partial charge is 0.290 e. The molecule has 1 atom stereocenters. The van der Waals surface area contributed by atoms with Crippen LogP contribution >= 0.6 is 0 Å². The lowest BCUT2D eigenvalue weighted by molar-refractivity contribution is -0.123. The molecule has 0 spiro atoms. The van der Waals surface area contributed by atoms with Crippen LogP contribution in [0.5, 0.6) is 5.75 Å². The van der Waals surface area contributed by atoms with Gasteiger partial charge < -0.3 is 24.8 Å². The minimum atomic E-state index is -0.581. The molecule has 1 saturated heterocycles. The number of likely N-dealkylation sites (tertiary alicyclic amines) is 1. The first-order chi connectivity index (χ1) is 15.9. The van der Waals surface area contributed by atoms with Crippen molar-refractivity contribution in [2.45, 2.75) is 25.2 Å². The number of benzene rings is 3. The molecule has 33 heavy (non-hydrogen) atoms. The molecule has 0 bridgehead atoms. The molecule has 0 aromatic heterocycles. The second-order valence-corrected chi connectivity index (χ2v) is 8.41. The molecule has 1 unspecified atom stereocenters. The molecule has 3 N–H and O–H groups in total. The monoisotopic (exact) mass is 453 g/mol. The van der Waals surface area contributed by atoms with E-state index >= 15 is 0 Å². The van der Waals surface area contributed by atoms with E-state index in [1.165, 1.54) is 0 Å². The van der Waals surface area contributed by atoms with Gasteiger partial charge in [0.25, 0.3) is 6.47 Å². The average Bonchev–Trinajstić information content (AvgIpc) is 2.82. The summed E-state index contributed by atoms with van der Waals surface area (Å²) in [6.45, 7) is 4.27. The fraction of sp³-hybridized carbons (Fsp3) is 0.346. The first-order valence-electron chi connectivity index (χ1n) is 10.8. The van der Waals surface area contributed by atoms with Crippen LogP contribution in [0, 0.1) is 0 Å². The zero-order chi connectivity index (χ0) is 23.8. The van der Waals surface area contributed by atoms with E-state index in [4.69, 9.17) is 19.4 Å². The molecule has 0 saturated carbocycles. The van der Waals surface area contributed by atoms with Crippen molar-refractivity contribution in [3.63, 3.8) is 0 Å². The third-order valence-corrected chi connectivity index (χ3v) is 5.83. The van der Waals surface area contributed by atoms with E-state index in [9.17, 15) is 10.2 Å². The molecule has 176 valence electrons. The number of β-amino-alcohol motifs (C(OH)–C–C–N with tert-alkyl or cyclic N) is 1. The van der Waals surface area contributed by atoms with Crippen molar-refractivity contribution in [1.29, 1.82) is 0 Å². The Morgan fingerprint density at radius 1 is 1.09 bits per heavy atom. The van der Waals surface area contributed by atoms with Crippen LogP contribution in [0.1, 0.15) is 12.5 Å². The predicted molar refractivity (Wildman–Crippen MR) is 127 cm³/mol. The maximum Gasteiger partial charge on any atom is 0.290 e. The van der Waals surface area contributed by atoms with Gasteiger partial charge in [0.05, 0.1) is 12.2 Å². The summed E-state index contributed by atoms with van der Waals surface area (Å²) in [4.78, 5) is 10.5. The average molecular weight is 454 g/mol. The number of carboxylic acid groups (broad SMARTS) is 1. The Labute approximate surface area is 193 Å². The number of carbonyl (C=O) groups is 1. The third-order valence-electron chi connectivity index (χ3n) is 5.83. The maximum absolute atomic E-state index is 10.5. The number of fused-ring (bicyclic) bond motifs is 1. The number of hydrogen-bond donors (Lipinski definition) is 3. The molecule has 0 aliphatic carbocycles. The Kier molecular flexibility index (Phi) is 8.41. The van der Waals surface area contributed by atoms with Crippen LogP contribution in [0.15, 0.2) is 60.7 Å². The Morgan fingerprint density at radius 2 is 1.76 bits per heavy atom. The van der Waals surface area contributed by atoms with Crippen molar-refractivity contribution in [2.24, 2.45) is 0 Å². The van der Waals surface area contributed by atoms with Gasteiger partial charge in [-0.15, -0.1) is 0 Å². The lowest BCUT2D eigenvalue weighted by Crippen LogP contribution is -2.62. The van der Waals surface area contributed by atoms with Gasteiger partial charge in [0.1, 0.15) is 18.5 Å². The molecular formula is C26H31NO6. The second-order valence-electron chi connectivity index (χ2n) is 8.41. The largest absolute Gasteiger partial charge is 0.490 e. The number of aliphatic hydroxyl groups excluding tert-OH is 2. The van der Waals surface area contributed by atoms with Gasteiger partial charge in [0.15, 0.2) is 0 Å². The number of hydrogen-bond acceptors (Lipinski definition) is 6. The lowest BCUT2D eigenvalue weighted by Gasteiger charge is -2.47. The Balaban J connectivity index is 0.000000968. The minimum Gasteiger partial charge on any atom is -0.490 e. The van der Waals surface area contributed by atoms with Gasteiger partial charge in [0.2, 0.25) is 0 Å². The van der Waals surface area contributed by atoms with Gasteiger partial charge in [-0.25, -0.2) is 0 Å². The van der Waals surface area contributed by atoms with Crippen LogP contribution in [0.3, 0.4) is 0 Å². The van der Waals surface area contributed by atoms with Gasteiger partial charge >= 0.3 is 0 Å². The van der Waals surface area contributed by atoms with Crippen LogP contribution < -0.4 is 4.74 Å². The van der Waals surface area contributed by atoms with Crippen molar-refractivity contribution >= 4 is 17.2 Å².